The van der Waals surface area contributed by atoms with E-state index in [2.05, 4.69) is 32.8 Å². The summed E-state index contributed by atoms with van der Waals surface area (Å²) in [5.74, 6) is 1.19. The molecule has 1 aliphatic heterocycles. The van der Waals surface area contributed by atoms with Gasteiger partial charge in [0.2, 0.25) is 5.91 Å². The van der Waals surface area contributed by atoms with Gasteiger partial charge in [-0.1, -0.05) is 35.5 Å². The smallest absolute Gasteiger partial charge is 0.220 e. The first-order valence-electron chi connectivity index (χ1n) is 11.5. The van der Waals surface area contributed by atoms with Crippen LogP contribution in [0.25, 0.3) is 0 Å². The molecule has 1 aromatic heterocycles. The fourth-order valence-electron chi connectivity index (χ4n) is 4.40. The predicted octanol–water partition coefficient (Wildman–Crippen LogP) is 3.92. The predicted molar refractivity (Wildman–Crippen MR) is 126 cm³/mol. The van der Waals surface area contributed by atoms with E-state index in [-0.39, 0.29) is 17.6 Å². The van der Waals surface area contributed by atoms with E-state index in [1.165, 1.54) is 12.1 Å². The summed E-state index contributed by atoms with van der Waals surface area (Å²) in [6.07, 6.45) is 2.21. The van der Waals surface area contributed by atoms with Crippen molar-refractivity contribution < 1.29 is 13.7 Å². The van der Waals surface area contributed by atoms with Crippen LogP contribution in [0.1, 0.15) is 29.9 Å². The van der Waals surface area contributed by atoms with Gasteiger partial charge in [-0.15, -0.1) is 0 Å². The van der Waals surface area contributed by atoms with E-state index in [1.807, 2.05) is 31.3 Å². The molecule has 2 N–H and O–H groups in total. The quantitative estimate of drug-likeness (QED) is 0.517. The van der Waals surface area contributed by atoms with E-state index < -0.39 is 0 Å². The number of nitrogens with one attached hydrogen (secondary N) is 2. The van der Waals surface area contributed by atoms with Crippen LogP contribution in [-0.4, -0.2) is 31.2 Å². The second-order valence-electron chi connectivity index (χ2n) is 8.80. The number of carbonyl (C=O) groups is 1. The van der Waals surface area contributed by atoms with Crippen LogP contribution in [-0.2, 0) is 24.3 Å². The molecule has 0 spiro atoms. The number of amides is 1. The SMILES string of the molecule is CN(Cc1cc(C[C@@H]2CNCC[C@H]2CC(=O)NCc2ccc(F)cc2)no1)c1ccccc1. The molecule has 0 saturated carbocycles. The van der Waals surface area contributed by atoms with Crippen molar-refractivity contribution in [1.29, 1.82) is 0 Å². The van der Waals surface area contributed by atoms with E-state index in [9.17, 15) is 9.18 Å². The molecule has 0 unspecified atom stereocenters. The van der Waals surface area contributed by atoms with Gasteiger partial charge in [0, 0.05) is 31.8 Å². The number of para-hydroxylation sites is 1. The van der Waals surface area contributed by atoms with Gasteiger partial charge >= 0.3 is 0 Å². The lowest BCUT2D eigenvalue weighted by molar-refractivity contribution is -0.122. The molecule has 2 heterocycles. The number of benzene rings is 2. The molecule has 3 aromatic rings. The van der Waals surface area contributed by atoms with Crippen molar-refractivity contribution in [2.45, 2.75) is 32.4 Å². The van der Waals surface area contributed by atoms with Gasteiger partial charge in [0.25, 0.3) is 0 Å². The van der Waals surface area contributed by atoms with Crippen molar-refractivity contribution in [1.82, 2.24) is 15.8 Å². The van der Waals surface area contributed by atoms with Crippen molar-refractivity contribution >= 4 is 11.6 Å². The normalized spacial score (nSPS) is 18.1. The molecule has 0 radical (unpaired) electrons. The number of halogens is 1. The average Bonchev–Trinajstić information content (AvgIpc) is 3.27. The molecule has 0 aliphatic carbocycles. The van der Waals surface area contributed by atoms with E-state index in [1.54, 1.807) is 12.1 Å². The first kappa shape index (κ1) is 23.0. The standard InChI is InChI=1S/C26H31FN4O2/c1-31(24-5-3-2-4-6-24)18-25-15-23(30-33-25)13-21-17-28-12-11-20(21)14-26(32)29-16-19-7-9-22(27)10-8-19/h2-10,15,20-21,28H,11-14,16-18H2,1H3,(H,29,32)/t20-,21+/m0/s1. The number of carbonyl (C=O) groups excluding carboxylic acids is 1. The zero-order valence-electron chi connectivity index (χ0n) is 19.0. The molecule has 7 heteroatoms. The highest BCUT2D eigenvalue weighted by Gasteiger charge is 2.28. The van der Waals surface area contributed by atoms with Crippen molar-refractivity contribution in [2.75, 3.05) is 25.0 Å². The maximum Gasteiger partial charge on any atom is 0.220 e. The molecule has 1 saturated heterocycles. The molecule has 1 amide bonds. The maximum absolute atomic E-state index is 13.1. The highest BCUT2D eigenvalue weighted by Crippen LogP contribution is 2.26. The Bertz CT molecular complexity index is 1020. The molecule has 4 rings (SSSR count). The van der Waals surface area contributed by atoms with E-state index in [4.69, 9.17) is 4.52 Å². The van der Waals surface area contributed by atoms with Crippen molar-refractivity contribution in [3.8, 4) is 0 Å². The Morgan fingerprint density at radius 1 is 1.18 bits per heavy atom. The summed E-state index contributed by atoms with van der Waals surface area (Å²) in [4.78, 5) is 14.7. The Morgan fingerprint density at radius 3 is 2.76 bits per heavy atom. The number of hydrogen-bond acceptors (Lipinski definition) is 5. The van der Waals surface area contributed by atoms with E-state index in [0.29, 0.717) is 25.4 Å². The van der Waals surface area contributed by atoms with Crippen molar-refractivity contribution in [3.63, 3.8) is 0 Å². The Kier molecular flexibility index (Phi) is 7.73. The van der Waals surface area contributed by atoms with Crippen LogP contribution >= 0.6 is 0 Å². The van der Waals surface area contributed by atoms with Crippen LogP contribution in [0.4, 0.5) is 10.1 Å². The van der Waals surface area contributed by atoms with Crippen LogP contribution < -0.4 is 15.5 Å². The van der Waals surface area contributed by atoms with Gasteiger partial charge in [0.05, 0.1) is 12.2 Å². The lowest BCUT2D eigenvalue weighted by atomic mass is 9.81. The molecule has 33 heavy (non-hydrogen) atoms. The minimum atomic E-state index is -0.273. The van der Waals surface area contributed by atoms with Gasteiger partial charge in [0.15, 0.2) is 5.76 Å². The molecule has 2 atom stereocenters. The molecular formula is C26H31FN4O2. The number of hydrogen-bond donors (Lipinski definition) is 2. The summed E-state index contributed by atoms with van der Waals surface area (Å²) >= 11 is 0. The van der Waals surface area contributed by atoms with Crippen LogP contribution in [0, 0.1) is 17.7 Å². The second kappa shape index (κ2) is 11.1. The summed E-state index contributed by atoms with van der Waals surface area (Å²) < 4.78 is 18.6. The lowest BCUT2D eigenvalue weighted by Crippen LogP contribution is -2.40. The maximum atomic E-state index is 13.1. The average molecular weight is 451 g/mol. The third-order valence-corrected chi connectivity index (χ3v) is 6.28. The summed E-state index contributed by atoms with van der Waals surface area (Å²) in [6.45, 7) is 2.84. The van der Waals surface area contributed by atoms with Crippen LogP contribution in [0.5, 0.6) is 0 Å². The zero-order valence-corrected chi connectivity index (χ0v) is 19.0. The van der Waals surface area contributed by atoms with Gasteiger partial charge in [-0.05, 0) is 67.6 Å². The number of rotatable bonds is 9. The van der Waals surface area contributed by atoms with Gasteiger partial charge in [0.1, 0.15) is 5.82 Å². The highest BCUT2D eigenvalue weighted by atomic mass is 19.1. The molecule has 1 aliphatic rings. The van der Waals surface area contributed by atoms with Gasteiger partial charge in [-0.2, -0.15) is 0 Å². The second-order valence-corrected chi connectivity index (χ2v) is 8.80. The summed E-state index contributed by atoms with van der Waals surface area (Å²) in [6, 6.07) is 18.4. The van der Waals surface area contributed by atoms with Crippen LogP contribution in [0.2, 0.25) is 0 Å². The fourth-order valence-corrected chi connectivity index (χ4v) is 4.40. The zero-order chi connectivity index (χ0) is 23.0. The minimum Gasteiger partial charge on any atom is -0.367 e. The molecular weight excluding hydrogens is 419 g/mol. The molecule has 0 bridgehead atoms. The summed E-state index contributed by atoms with van der Waals surface area (Å²) in [7, 11) is 2.03. The Labute approximate surface area is 194 Å². The molecule has 1 fully saturated rings. The van der Waals surface area contributed by atoms with E-state index >= 15 is 0 Å². The van der Waals surface area contributed by atoms with Gasteiger partial charge in [-0.3, -0.25) is 4.79 Å². The molecule has 174 valence electrons. The molecule has 6 nitrogen and oxygen atoms in total. The fraction of sp³-hybridized carbons (Fsp3) is 0.385. The highest BCUT2D eigenvalue weighted by molar-refractivity contribution is 5.76. The van der Waals surface area contributed by atoms with Gasteiger partial charge in [-0.25, -0.2) is 4.39 Å². The first-order valence-corrected chi connectivity index (χ1v) is 11.5. The summed E-state index contributed by atoms with van der Waals surface area (Å²) in [5.41, 5.74) is 2.94. The lowest BCUT2D eigenvalue weighted by Gasteiger charge is -2.31. The monoisotopic (exact) mass is 450 g/mol. The van der Waals surface area contributed by atoms with Crippen molar-refractivity contribution in [2.24, 2.45) is 11.8 Å². The number of piperidine rings is 1. The third-order valence-electron chi connectivity index (χ3n) is 6.28. The van der Waals surface area contributed by atoms with Crippen molar-refractivity contribution in [3.05, 3.63) is 83.5 Å². The number of anilines is 1. The number of nitrogens with zero attached hydrogens (tertiary/aromatic N) is 2. The first-order chi connectivity index (χ1) is 16.1. The summed E-state index contributed by atoms with van der Waals surface area (Å²) in [5, 5.41) is 10.7. The van der Waals surface area contributed by atoms with Crippen LogP contribution in [0.15, 0.2) is 65.2 Å². The largest absolute Gasteiger partial charge is 0.367 e. The van der Waals surface area contributed by atoms with Gasteiger partial charge < -0.3 is 20.1 Å². The van der Waals surface area contributed by atoms with Crippen LogP contribution in [0.3, 0.4) is 0 Å². The Morgan fingerprint density at radius 2 is 1.97 bits per heavy atom. The third kappa shape index (κ3) is 6.65. The van der Waals surface area contributed by atoms with E-state index in [0.717, 1.165) is 48.6 Å². The minimum absolute atomic E-state index is 0.0292. The number of aromatic nitrogens is 1. The Balaban J connectivity index is 1.29. The molecule has 2 aromatic carbocycles. The Hall–Kier alpha value is -3.19. The topological polar surface area (TPSA) is 70.4 Å².